The molecule has 0 N–H and O–H groups in total. The van der Waals surface area contributed by atoms with Crippen LogP contribution in [0.25, 0.3) is 0 Å². The number of hydrogen-bond donors (Lipinski definition) is 0. The summed E-state index contributed by atoms with van der Waals surface area (Å²) in [4.78, 5) is 32.1. The predicted molar refractivity (Wildman–Crippen MR) is 88.3 cm³/mol. The highest BCUT2D eigenvalue weighted by Gasteiger charge is 2.56. The fourth-order valence-corrected chi connectivity index (χ4v) is 3.24. The standard InChI is InChI=1S/C17H16N4O4/c1-9-12(8-20(2)18-9)14-13-15(25-19-14)17(23)21(16(13)22)10-4-6-11(24-3)7-5-10/h4-8,13,15H,1-3H3/t13-,15+/m1/s1. The quantitative estimate of drug-likeness (QED) is 0.779. The average Bonchev–Trinajstić information content (AvgIpc) is 3.24. The third kappa shape index (κ3) is 2.21. The third-order valence-electron chi connectivity index (χ3n) is 4.43. The molecule has 1 aromatic heterocycles. The summed E-state index contributed by atoms with van der Waals surface area (Å²) < 4.78 is 6.75. The number of ether oxygens (including phenoxy) is 1. The number of methoxy groups -OCH3 is 1. The number of nitrogens with zero attached hydrogens (tertiary/aromatic N) is 4. The maximum Gasteiger partial charge on any atom is 0.278 e. The Morgan fingerprint density at radius 3 is 2.48 bits per heavy atom. The summed E-state index contributed by atoms with van der Waals surface area (Å²) in [7, 11) is 3.34. The van der Waals surface area contributed by atoms with Gasteiger partial charge in [0, 0.05) is 18.8 Å². The van der Waals surface area contributed by atoms with Crippen molar-refractivity contribution in [3.63, 3.8) is 0 Å². The Bertz CT molecular complexity index is 900. The topological polar surface area (TPSA) is 86.0 Å². The van der Waals surface area contributed by atoms with Crippen LogP contribution in [-0.2, 0) is 21.5 Å². The molecule has 2 atom stereocenters. The molecule has 2 amide bonds. The number of amides is 2. The zero-order chi connectivity index (χ0) is 17.7. The highest BCUT2D eigenvalue weighted by atomic mass is 16.6. The minimum absolute atomic E-state index is 0.348. The van der Waals surface area contributed by atoms with Gasteiger partial charge in [0.1, 0.15) is 17.4 Å². The van der Waals surface area contributed by atoms with Gasteiger partial charge in [-0.05, 0) is 31.2 Å². The van der Waals surface area contributed by atoms with Crippen molar-refractivity contribution in [1.82, 2.24) is 9.78 Å². The second kappa shape index (κ2) is 5.44. The van der Waals surface area contributed by atoms with Gasteiger partial charge < -0.3 is 9.57 Å². The molecule has 1 saturated heterocycles. The molecule has 2 aliphatic rings. The van der Waals surface area contributed by atoms with Crippen molar-refractivity contribution in [2.75, 3.05) is 12.0 Å². The number of aryl methyl sites for hydroxylation is 2. The number of imide groups is 1. The first kappa shape index (κ1) is 15.4. The summed E-state index contributed by atoms with van der Waals surface area (Å²) in [6.45, 7) is 1.83. The van der Waals surface area contributed by atoms with E-state index in [9.17, 15) is 9.59 Å². The number of rotatable bonds is 3. The van der Waals surface area contributed by atoms with Gasteiger partial charge in [-0.3, -0.25) is 14.3 Å². The van der Waals surface area contributed by atoms with Crippen molar-refractivity contribution in [3.8, 4) is 5.75 Å². The zero-order valence-electron chi connectivity index (χ0n) is 14.0. The number of fused-ring (bicyclic) bond motifs is 1. The van der Waals surface area contributed by atoms with E-state index in [4.69, 9.17) is 9.57 Å². The number of carbonyl (C=O) groups is 2. The average molecular weight is 340 g/mol. The normalized spacial score (nSPS) is 22.0. The van der Waals surface area contributed by atoms with Crippen LogP contribution in [0.15, 0.2) is 35.6 Å². The third-order valence-corrected chi connectivity index (χ3v) is 4.43. The molecule has 128 valence electrons. The molecule has 8 heteroatoms. The highest BCUT2D eigenvalue weighted by molar-refractivity contribution is 6.32. The Morgan fingerprint density at radius 2 is 1.88 bits per heavy atom. The first-order valence-corrected chi connectivity index (χ1v) is 7.77. The lowest BCUT2D eigenvalue weighted by atomic mass is 9.94. The molecule has 2 aliphatic heterocycles. The van der Waals surface area contributed by atoms with Gasteiger partial charge in [-0.15, -0.1) is 0 Å². The summed E-state index contributed by atoms with van der Waals surface area (Å²) in [5.74, 6) is -0.870. The lowest BCUT2D eigenvalue weighted by Crippen LogP contribution is -2.33. The van der Waals surface area contributed by atoms with E-state index < -0.39 is 17.9 Å². The van der Waals surface area contributed by atoms with E-state index in [1.807, 2.05) is 6.92 Å². The van der Waals surface area contributed by atoms with E-state index in [2.05, 4.69) is 10.3 Å². The molecule has 3 heterocycles. The molecular weight excluding hydrogens is 324 g/mol. The zero-order valence-corrected chi connectivity index (χ0v) is 14.0. The van der Waals surface area contributed by atoms with E-state index in [0.717, 1.165) is 10.6 Å². The Balaban J connectivity index is 1.69. The molecule has 1 aromatic carbocycles. The van der Waals surface area contributed by atoms with E-state index in [1.165, 1.54) is 0 Å². The molecule has 25 heavy (non-hydrogen) atoms. The van der Waals surface area contributed by atoms with Gasteiger partial charge in [0.15, 0.2) is 0 Å². The van der Waals surface area contributed by atoms with E-state index >= 15 is 0 Å². The minimum Gasteiger partial charge on any atom is -0.497 e. The highest BCUT2D eigenvalue weighted by Crippen LogP contribution is 2.36. The van der Waals surface area contributed by atoms with Crippen LogP contribution in [-0.4, -0.2) is 40.5 Å². The molecule has 2 aromatic rings. The maximum atomic E-state index is 12.9. The second-order valence-electron chi connectivity index (χ2n) is 5.99. The van der Waals surface area contributed by atoms with Crippen LogP contribution >= 0.6 is 0 Å². The molecule has 0 bridgehead atoms. The number of hydrogen-bond acceptors (Lipinski definition) is 6. The molecular formula is C17H16N4O4. The number of oxime groups is 1. The lowest BCUT2D eigenvalue weighted by molar-refractivity contribution is -0.126. The van der Waals surface area contributed by atoms with Crippen LogP contribution in [0.1, 0.15) is 11.3 Å². The molecule has 0 unspecified atom stereocenters. The van der Waals surface area contributed by atoms with Crippen LogP contribution in [0.5, 0.6) is 5.75 Å². The summed E-state index contributed by atoms with van der Waals surface area (Å²) in [6, 6.07) is 6.74. The second-order valence-corrected chi connectivity index (χ2v) is 5.99. The van der Waals surface area contributed by atoms with Crippen LogP contribution in [0.2, 0.25) is 0 Å². The van der Waals surface area contributed by atoms with E-state index in [-0.39, 0.29) is 5.91 Å². The van der Waals surface area contributed by atoms with Crippen molar-refractivity contribution in [2.45, 2.75) is 13.0 Å². The van der Waals surface area contributed by atoms with Crippen LogP contribution < -0.4 is 9.64 Å². The maximum absolute atomic E-state index is 12.9. The molecule has 0 radical (unpaired) electrons. The number of anilines is 1. The van der Waals surface area contributed by atoms with Gasteiger partial charge in [-0.1, -0.05) is 5.16 Å². The van der Waals surface area contributed by atoms with Gasteiger partial charge in [-0.25, -0.2) is 4.90 Å². The van der Waals surface area contributed by atoms with Crippen LogP contribution in [0, 0.1) is 12.8 Å². The first-order valence-electron chi connectivity index (χ1n) is 7.77. The Labute approximate surface area is 143 Å². The Morgan fingerprint density at radius 1 is 1.16 bits per heavy atom. The lowest BCUT2D eigenvalue weighted by Gasteiger charge is -2.15. The number of aromatic nitrogens is 2. The number of benzene rings is 1. The van der Waals surface area contributed by atoms with Gasteiger partial charge in [0.05, 0.1) is 18.5 Å². The van der Waals surface area contributed by atoms with Crippen molar-refractivity contribution in [3.05, 3.63) is 41.7 Å². The summed E-state index contributed by atoms with van der Waals surface area (Å²) in [6.07, 6.45) is 0.845. The van der Waals surface area contributed by atoms with E-state index in [0.29, 0.717) is 22.7 Å². The molecule has 0 spiro atoms. The summed E-state index contributed by atoms with van der Waals surface area (Å²) >= 11 is 0. The molecule has 1 fully saturated rings. The SMILES string of the molecule is COc1ccc(N2C(=O)[C@@H]3C(c4cn(C)nc4C)=NO[C@@H]3C2=O)cc1. The van der Waals surface area contributed by atoms with Crippen LogP contribution in [0.3, 0.4) is 0 Å². The Kier molecular flexibility index (Phi) is 3.34. The van der Waals surface area contributed by atoms with Crippen LogP contribution in [0.4, 0.5) is 5.69 Å². The fraction of sp³-hybridized carbons (Fsp3) is 0.294. The van der Waals surface area contributed by atoms with E-state index in [1.54, 1.807) is 49.3 Å². The largest absolute Gasteiger partial charge is 0.497 e. The minimum atomic E-state index is -0.927. The van der Waals surface area contributed by atoms with Crippen molar-refractivity contribution in [2.24, 2.45) is 18.1 Å². The van der Waals surface area contributed by atoms with Crippen molar-refractivity contribution in [1.29, 1.82) is 0 Å². The molecule has 8 nitrogen and oxygen atoms in total. The van der Waals surface area contributed by atoms with Gasteiger partial charge >= 0.3 is 0 Å². The van der Waals surface area contributed by atoms with Gasteiger partial charge in [0.25, 0.3) is 5.91 Å². The Hall–Kier alpha value is -3.16. The molecule has 0 saturated carbocycles. The van der Waals surface area contributed by atoms with Gasteiger partial charge in [-0.2, -0.15) is 5.10 Å². The van der Waals surface area contributed by atoms with Crippen molar-refractivity contribution >= 4 is 23.2 Å². The number of carbonyl (C=O) groups excluding carboxylic acids is 2. The van der Waals surface area contributed by atoms with Crippen molar-refractivity contribution < 1.29 is 19.2 Å². The molecule has 0 aliphatic carbocycles. The first-order chi connectivity index (χ1) is 12.0. The summed E-state index contributed by atoms with van der Waals surface area (Å²) in [5.41, 5.74) is 2.38. The molecule has 4 rings (SSSR count). The summed E-state index contributed by atoms with van der Waals surface area (Å²) in [5, 5.41) is 8.26. The fourth-order valence-electron chi connectivity index (χ4n) is 3.24. The monoisotopic (exact) mass is 340 g/mol. The predicted octanol–water partition coefficient (Wildman–Crippen LogP) is 1.03. The smallest absolute Gasteiger partial charge is 0.278 e. The van der Waals surface area contributed by atoms with Gasteiger partial charge in [0.2, 0.25) is 12.0 Å².